The van der Waals surface area contributed by atoms with E-state index in [1.807, 2.05) is 49.4 Å². The van der Waals surface area contributed by atoms with E-state index in [1.165, 1.54) is 11.3 Å². The number of benzene rings is 2. The van der Waals surface area contributed by atoms with Crippen LogP contribution in [0.1, 0.15) is 48.7 Å². The number of nitrogens with zero attached hydrogens (tertiary/aromatic N) is 4. The Kier molecular flexibility index (Phi) is 7.13. The van der Waals surface area contributed by atoms with Gasteiger partial charge in [0.2, 0.25) is 10.0 Å². The quantitative estimate of drug-likeness (QED) is 0.322. The zero-order chi connectivity index (χ0) is 25.1. The highest BCUT2D eigenvalue weighted by atomic mass is 32.2. The highest BCUT2D eigenvalue weighted by molar-refractivity contribution is 7.89. The smallest absolute Gasteiger partial charge is 0.260 e. The van der Waals surface area contributed by atoms with E-state index >= 15 is 0 Å². The lowest BCUT2D eigenvalue weighted by molar-refractivity contribution is 0.0984. The molecule has 9 heteroatoms. The first-order valence-corrected chi connectivity index (χ1v) is 14.4. The summed E-state index contributed by atoms with van der Waals surface area (Å²) < 4.78 is 29.3. The Morgan fingerprint density at radius 1 is 1.06 bits per heavy atom. The van der Waals surface area contributed by atoms with E-state index in [0.717, 1.165) is 41.6 Å². The van der Waals surface area contributed by atoms with Gasteiger partial charge in [0.05, 0.1) is 27.4 Å². The average molecular weight is 521 g/mol. The molecule has 36 heavy (non-hydrogen) atoms. The maximum Gasteiger partial charge on any atom is 0.260 e. The summed E-state index contributed by atoms with van der Waals surface area (Å²) in [4.78, 5) is 24.6. The Morgan fingerprint density at radius 2 is 1.83 bits per heavy atom. The van der Waals surface area contributed by atoms with Gasteiger partial charge in [0, 0.05) is 24.3 Å². The number of rotatable bonds is 7. The average Bonchev–Trinajstić information content (AvgIpc) is 3.36. The molecule has 1 saturated heterocycles. The van der Waals surface area contributed by atoms with E-state index in [-0.39, 0.29) is 23.4 Å². The molecule has 2 aromatic carbocycles. The lowest BCUT2D eigenvalue weighted by atomic mass is 10.0. The number of para-hydroxylation sites is 1. The Balaban J connectivity index is 1.45. The van der Waals surface area contributed by atoms with E-state index in [1.54, 1.807) is 39.7 Å². The molecule has 0 bridgehead atoms. The number of hydrogen-bond acceptors (Lipinski definition) is 6. The molecule has 0 aliphatic carbocycles. The molecule has 2 aromatic heterocycles. The van der Waals surface area contributed by atoms with Crippen LogP contribution in [0.5, 0.6) is 0 Å². The molecule has 1 aliphatic rings. The summed E-state index contributed by atoms with van der Waals surface area (Å²) in [6, 6.07) is 19.6. The lowest BCUT2D eigenvalue weighted by Crippen LogP contribution is -2.43. The van der Waals surface area contributed by atoms with Crippen molar-refractivity contribution in [3.8, 4) is 0 Å². The molecular weight excluding hydrogens is 492 g/mol. The minimum Gasteiger partial charge on any atom is -0.278 e. The number of carbonyl (C=O) groups excluding carboxylic acids is 1. The number of sulfonamides is 1. The molecule has 0 spiro atoms. The van der Waals surface area contributed by atoms with Crippen molar-refractivity contribution >= 4 is 42.6 Å². The maximum absolute atomic E-state index is 13.7. The SMILES string of the molecule is CCC1CCCCN1S(=O)(=O)c1ccc(C(=O)N(Cc2ccccn2)c2nc3ccccc3s2)cc1. The van der Waals surface area contributed by atoms with Crippen molar-refractivity contribution in [1.29, 1.82) is 0 Å². The predicted octanol–water partition coefficient (Wildman–Crippen LogP) is 5.49. The molecule has 7 nitrogen and oxygen atoms in total. The Hall–Kier alpha value is -3.14. The Labute approximate surface area is 215 Å². The highest BCUT2D eigenvalue weighted by Crippen LogP contribution is 2.31. The molecule has 3 heterocycles. The van der Waals surface area contributed by atoms with Gasteiger partial charge in [0.15, 0.2) is 5.13 Å². The van der Waals surface area contributed by atoms with Crippen LogP contribution in [-0.2, 0) is 16.6 Å². The van der Waals surface area contributed by atoms with E-state index < -0.39 is 10.0 Å². The third-order valence-corrected chi connectivity index (χ3v) is 9.58. The molecular formula is C27H28N4O3S2. The van der Waals surface area contributed by atoms with Gasteiger partial charge in [-0.3, -0.25) is 14.7 Å². The predicted molar refractivity (Wildman–Crippen MR) is 143 cm³/mol. The van der Waals surface area contributed by atoms with Crippen LogP contribution in [-0.4, -0.2) is 41.2 Å². The minimum absolute atomic E-state index is 0.0259. The van der Waals surface area contributed by atoms with Crippen molar-refractivity contribution in [3.63, 3.8) is 0 Å². The van der Waals surface area contributed by atoms with Gasteiger partial charge in [-0.1, -0.05) is 42.9 Å². The molecule has 186 valence electrons. The molecule has 5 rings (SSSR count). The Morgan fingerprint density at radius 3 is 2.56 bits per heavy atom. The van der Waals surface area contributed by atoms with Crippen molar-refractivity contribution in [2.45, 2.75) is 50.1 Å². The van der Waals surface area contributed by atoms with E-state index in [9.17, 15) is 13.2 Å². The van der Waals surface area contributed by atoms with Gasteiger partial charge in [0.25, 0.3) is 5.91 Å². The monoisotopic (exact) mass is 520 g/mol. The number of hydrogen-bond donors (Lipinski definition) is 0. The topological polar surface area (TPSA) is 83.5 Å². The van der Waals surface area contributed by atoms with Crippen molar-refractivity contribution < 1.29 is 13.2 Å². The summed E-state index contributed by atoms with van der Waals surface area (Å²) in [6.07, 6.45) is 5.30. The number of amides is 1. The molecule has 0 saturated carbocycles. The van der Waals surface area contributed by atoms with Crippen LogP contribution in [0.4, 0.5) is 5.13 Å². The van der Waals surface area contributed by atoms with Gasteiger partial charge < -0.3 is 0 Å². The van der Waals surface area contributed by atoms with E-state index in [0.29, 0.717) is 17.2 Å². The number of pyridine rings is 1. The van der Waals surface area contributed by atoms with Crippen molar-refractivity contribution in [1.82, 2.24) is 14.3 Å². The van der Waals surface area contributed by atoms with Crippen LogP contribution in [0.3, 0.4) is 0 Å². The third kappa shape index (κ3) is 4.91. The largest absolute Gasteiger partial charge is 0.278 e. The summed E-state index contributed by atoms with van der Waals surface area (Å²) in [5, 5.41) is 0.572. The maximum atomic E-state index is 13.7. The molecule has 1 fully saturated rings. The summed E-state index contributed by atoms with van der Waals surface area (Å²) in [7, 11) is -3.62. The van der Waals surface area contributed by atoms with Gasteiger partial charge in [-0.2, -0.15) is 4.31 Å². The standard InChI is InChI=1S/C27H28N4O3S2/c1-2-22-10-6-8-18-31(22)36(33,34)23-15-13-20(14-16-23)26(32)30(19-21-9-5-7-17-28-21)27-29-24-11-3-4-12-25(24)35-27/h3-5,7,9,11-17,22H,2,6,8,10,18-19H2,1H3. The van der Waals surface area contributed by atoms with Gasteiger partial charge in [-0.05, 0) is 67.8 Å². The van der Waals surface area contributed by atoms with Crippen molar-refractivity contribution in [2.24, 2.45) is 0 Å². The third-order valence-electron chi connectivity index (χ3n) is 6.56. The first kappa shape index (κ1) is 24.5. The second kappa shape index (κ2) is 10.5. The summed E-state index contributed by atoms with van der Waals surface area (Å²) in [6.45, 7) is 2.82. The number of aromatic nitrogens is 2. The molecule has 0 N–H and O–H groups in total. The van der Waals surface area contributed by atoms with Crippen LogP contribution in [0, 0.1) is 0 Å². The number of anilines is 1. The first-order valence-electron chi connectivity index (χ1n) is 12.2. The fourth-order valence-corrected chi connectivity index (χ4v) is 7.34. The van der Waals surface area contributed by atoms with Crippen molar-refractivity contribution in [3.05, 3.63) is 84.2 Å². The van der Waals surface area contributed by atoms with Crippen LogP contribution in [0.2, 0.25) is 0 Å². The fraction of sp³-hybridized carbons (Fsp3) is 0.296. The molecule has 1 aliphatic heterocycles. The van der Waals surface area contributed by atoms with Crippen LogP contribution < -0.4 is 4.90 Å². The number of piperidine rings is 1. The van der Waals surface area contributed by atoms with E-state index in [2.05, 4.69) is 9.97 Å². The summed E-state index contributed by atoms with van der Waals surface area (Å²) >= 11 is 1.44. The number of thiazole rings is 1. The molecule has 4 aromatic rings. The lowest BCUT2D eigenvalue weighted by Gasteiger charge is -2.34. The van der Waals surface area contributed by atoms with Gasteiger partial charge in [0.1, 0.15) is 0 Å². The van der Waals surface area contributed by atoms with Crippen LogP contribution in [0.25, 0.3) is 10.2 Å². The number of fused-ring (bicyclic) bond motifs is 1. The van der Waals surface area contributed by atoms with E-state index in [4.69, 9.17) is 0 Å². The normalized spacial score (nSPS) is 16.8. The fourth-order valence-electron chi connectivity index (χ4n) is 4.61. The first-order chi connectivity index (χ1) is 17.5. The van der Waals surface area contributed by atoms with Crippen LogP contribution in [0.15, 0.2) is 77.8 Å². The van der Waals surface area contributed by atoms with Gasteiger partial charge in [-0.15, -0.1) is 0 Å². The van der Waals surface area contributed by atoms with Crippen LogP contribution >= 0.6 is 11.3 Å². The highest BCUT2D eigenvalue weighted by Gasteiger charge is 2.32. The van der Waals surface area contributed by atoms with Gasteiger partial charge in [-0.25, -0.2) is 13.4 Å². The summed E-state index contributed by atoms with van der Waals surface area (Å²) in [5.41, 5.74) is 1.96. The second-order valence-electron chi connectivity index (χ2n) is 8.87. The Bertz CT molecular complexity index is 1420. The summed E-state index contributed by atoms with van der Waals surface area (Å²) in [5.74, 6) is -0.256. The zero-order valence-corrected chi connectivity index (χ0v) is 21.7. The van der Waals surface area contributed by atoms with Crippen molar-refractivity contribution in [2.75, 3.05) is 11.4 Å². The number of carbonyl (C=O) groups is 1. The second-order valence-corrected chi connectivity index (χ2v) is 11.8. The zero-order valence-electron chi connectivity index (χ0n) is 20.1. The molecule has 0 radical (unpaired) electrons. The molecule has 1 unspecified atom stereocenters. The van der Waals surface area contributed by atoms with Gasteiger partial charge >= 0.3 is 0 Å². The minimum atomic E-state index is -3.62. The molecule has 1 amide bonds. The molecule has 1 atom stereocenters.